The van der Waals surface area contributed by atoms with Crippen molar-refractivity contribution in [2.45, 2.75) is 50.5 Å². The molecule has 0 saturated heterocycles. The van der Waals surface area contributed by atoms with Crippen molar-refractivity contribution in [3.8, 4) is 0 Å². The molecule has 0 radical (unpaired) electrons. The third-order valence-electron chi connectivity index (χ3n) is 8.97. The molecule has 0 saturated carbocycles. The lowest BCUT2D eigenvalue weighted by Crippen LogP contribution is -2.32. The monoisotopic (exact) mass is 982 g/mol. The lowest BCUT2D eigenvalue weighted by atomic mass is 10.1. The van der Waals surface area contributed by atoms with Crippen LogP contribution >= 0.6 is 69.6 Å². The average Bonchev–Trinajstić information content (AvgIpc) is 3.22. The van der Waals surface area contributed by atoms with Gasteiger partial charge in [0.1, 0.15) is 0 Å². The second kappa shape index (κ2) is 22.2. The molecule has 0 aliphatic heterocycles. The minimum absolute atomic E-state index is 0.0111. The maximum Gasteiger partial charge on any atom is 0.258 e. The number of benzene rings is 5. The molecule has 0 aliphatic rings. The molecule has 4 N–H and O–H groups in total. The SMILES string of the molecule is CC(=O)C(N=Nc1cc(Cl)cc(C(=O)Nc2ccccc2C(C)Cl)c1)C(=O)Nc1cc(Cl)c(NC(=O)C(N=Nc2cc(Cl)cc(C(=O)Nc3ccccc3C(C)Cl)c2)C(C)=O)c(Cl)c1. The number of carbonyl (C=O) groups is 6. The zero-order valence-corrected chi connectivity index (χ0v) is 38.6. The zero-order chi connectivity index (χ0) is 46.8. The summed E-state index contributed by atoms with van der Waals surface area (Å²) in [5.41, 5.74) is 2.64. The highest BCUT2D eigenvalue weighted by molar-refractivity contribution is 6.40. The summed E-state index contributed by atoms with van der Waals surface area (Å²) in [7, 11) is 0. The van der Waals surface area contributed by atoms with E-state index in [4.69, 9.17) is 69.6 Å². The van der Waals surface area contributed by atoms with Crippen molar-refractivity contribution in [3.63, 3.8) is 0 Å². The van der Waals surface area contributed by atoms with Gasteiger partial charge in [0.05, 0.1) is 37.9 Å². The van der Waals surface area contributed by atoms with E-state index in [0.29, 0.717) is 22.5 Å². The summed E-state index contributed by atoms with van der Waals surface area (Å²) in [5, 5.41) is 25.6. The van der Waals surface area contributed by atoms with E-state index in [1.807, 2.05) is 0 Å². The summed E-state index contributed by atoms with van der Waals surface area (Å²) in [4.78, 5) is 78.1. The van der Waals surface area contributed by atoms with E-state index in [0.717, 1.165) is 13.8 Å². The van der Waals surface area contributed by atoms with E-state index in [1.54, 1.807) is 62.4 Å². The molecule has 4 atom stereocenters. The highest BCUT2D eigenvalue weighted by Gasteiger charge is 2.27. The van der Waals surface area contributed by atoms with Crippen LogP contribution in [0, 0.1) is 0 Å². The standard InChI is InChI=1S/C44H36Cl6N8O6/c1-21(45)32-9-5-7-11-36(32)52-41(61)25-13-27(47)17-30(15-25)55-57-38(23(3)59)43(63)51-29-19-34(49)40(35(50)20-29)54-44(64)39(24(4)60)58-56-31-16-26(14-28(48)18-31)42(62)53-37-12-8-6-10-33(37)22(2)46/h5-22,38-39H,1-4H3,(H,51,63)(H,52,61)(H,53,62)(H,54,64). The Morgan fingerprint density at radius 1 is 0.516 bits per heavy atom. The Hall–Kier alpha value is -5.74. The molecule has 5 rings (SSSR count). The molecule has 4 amide bonds. The molecular weight excluding hydrogens is 949 g/mol. The molecule has 5 aromatic carbocycles. The first-order valence-corrected chi connectivity index (χ1v) is 21.3. The van der Waals surface area contributed by atoms with Crippen LogP contribution in [0.4, 0.5) is 34.1 Å². The van der Waals surface area contributed by atoms with Gasteiger partial charge in [0.25, 0.3) is 23.6 Å². The van der Waals surface area contributed by atoms with Crippen molar-refractivity contribution in [2.24, 2.45) is 20.5 Å². The molecule has 0 heterocycles. The number of hydrogen-bond acceptors (Lipinski definition) is 10. The summed E-state index contributed by atoms with van der Waals surface area (Å²) < 4.78 is 0. The normalized spacial score (nSPS) is 13.2. The van der Waals surface area contributed by atoms with Crippen molar-refractivity contribution in [3.05, 3.63) is 139 Å². The first-order valence-electron chi connectivity index (χ1n) is 18.9. The van der Waals surface area contributed by atoms with Crippen LogP contribution in [0.15, 0.2) is 118 Å². The number of nitrogens with one attached hydrogen (secondary N) is 4. The van der Waals surface area contributed by atoms with Crippen LogP contribution < -0.4 is 21.3 Å². The lowest BCUT2D eigenvalue weighted by Gasteiger charge is -2.15. The van der Waals surface area contributed by atoms with E-state index in [9.17, 15) is 28.8 Å². The number of anilines is 4. The third-order valence-corrected chi connectivity index (χ3v) is 10.5. The molecule has 330 valence electrons. The molecule has 64 heavy (non-hydrogen) atoms. The zero-order valence-electron chi connectivity index (χ0n) is 34.1. The molecule has 0 aliphatic carbocycles. The molecular formula is C44H36Cl6N8O6. The number of hydrogen-bond donors (Lipinski definition) is 4. The van der Waals surface area contributed by atoms with Crippen molar-refractivity contribution in [1.29, 1.82) is 0 Å². The predicted octanol–water partition coefficient (Wildman–Crippen LogP) is 12.8. The fourth-order valence-electron chi connectivity index (χ4n) is 5.88. The van der Waals surface area contributed by atoms with Crippen molar-refractivity contribution in [2.75, 3.05) is 21.3 Å². The average molecular weight is 986 g/mol. The van der Waals surface area contributed by atoms with Gasteiger partial charge in [0, 0.05) is 38.2 Å². The summed E-state index contributed by atoms with van der Waals surface area (Å²) in [5.74, 6) is -4.30. The number of nitrogens with zero attached hydrogens (tertiary/aromatic N) is 4. The third kappa shape index (κ3) is 13.2. The quantitative estimate of drug-likeness (QED) is 0.0430. The molecule has 0 fully saturated rings. The first-order chi connectivity index (χ1) is 30.3. The van der Waals surface area contributed by atoms with Crippen LogP contribution in [0.2, 0.25) is 20.1 Å². The largest absolute Gasteiger partial charge is 0.324 e. The summed E-state index contributed by atoms with van der Waals surface area (Å²) >= 11 is 38.0. The van der Waals surface area contributed by atoms with Gasteiger partial charge in [0.2, 0.25) is 12.1 Å². The van der Waals surface area contributed by atoms with Gasteiger partial charge in [-0.15, -0.1) is 23.2 Å². The van der Waals surface area contributed by atoms with Gasteiger partial charge in [-0.05, 0) is 99.5 Å². The molecule has 0 aromatic heterocycles. The summed E-state index contributed by atoms with van der Waals surface area (Å²) in [6.07, 6.45) is 0. The molecule has 4 unspecified atom stereocenters. The Morgan fingerprint density at radius 2 is 0.906 bits per heavy atom. The number of rotatable bonds is 16. The first kappa shape index (κ1) is 49.3. The maximum atomic E-state index is 13.4. The van der Waals surface area contributed by atoms with E-state index in [2.05, 4.69) is 41.7 Å². The number of halogens is 6. The number of Topliss-reactive ketones (excluding diaryl/α,β-unsaturated/α-hetero) is 2. The number of alkyl halides is 2. The van der Waals surface area contributed by atoms with Crippen LogP contribution in [0.5, 0.6) is 0 Å². The van der Waals surface area contributed by atoms with Crippen LogP contribution in [-0.2, 0) is 19.2 Å². The Bertz CT molecular complexity index is 2690. The van der Waals surface area contributed by atoms with Crippen molar-refractivity contribution < 1.29 is 28.8 Å². The Labute approximate surface area is 397 Å². The molecule has 14 nitrogen and oxygen atoms in total. The Balaban J connectivity index is 1.27. The topological polar surface area (TPSA) is 200 Å². The van der Waals surface area contributed by atoms with Gasteiger partial charge in [-0.25, -0.2) is 0 Å². The van der Waals surface area contributed by atoms with Crippen molar-refractivity contribution in [1.82, 2.24) is 0 Å². The number of ketones is 2. The predicted molar refractivity (Wildman–Crippen MR) is 252 cm³/mol. The molecule has 0 spiro atoms. The number of amides is 4. The van der Waals surface area contributed by atoms with Gasteiger partial charge >= 0.3 is 0 Å². The highest BCUT2D eigenvalue weighted by Crippen LogP contribution is 2.35. The second-order valence-electron chi connectivity index (χ2n) is 14.0. The van der Waals surface area contributed by atoms with Crippen LogP contribution in [0.1, 0.15) is 70.3 Å². The van der Waals surface area contributed by atoms with Gasteiger partial charge in [-0.3, -0.25) is 28.8 Å². The van der Waals surface area contributed by atoms with Gasteiger partial charge in [-0.1, -0.05) is 82.8 Å². The van der Waals surface area contributed by atoms with E-state index >= 15 is 0 Å². The second-order valence-corrected chi connectivity index (χ2v) is 17.0. The number of carbonyl (C=O) groups excluding carboxylic acids is 6. The molecule has 5 aromatic rings. The highest BCUT2D eigenvalue weighted by atomic mass is 35.5. The van der Waals surface area contributed by atoms with Crippen LogP contribution in [0.3, 0.4) is 0 Å². The van der Waals surface area contributed by atoms with Crippen LogP contribution in [0.25, 0.3) is 0 Å². The van der Waals surface area contributed by atoms with Gasteiger partial charge in [-0.2, -0.15) is 20.5 Å². The van der Waals surface area contributed by atoms with E-state index in [-0.39, 0.29) is 64.7 Å². The van der Waals surface area contributed by atoms with Gasteiger partial charge in [0.15, 0.2) is 11.6 Å². The summed E-state index contributed by atoms with van der Waals surface area (Å²) in [6.45, 7) is 5.78. The van der Waals surface area contributed by atoms with Crippen molar-refractivity contribution >= 4 is 139 Å². The van der Waals surface area contributed by atoms with E-state index in [1.165, 1.54) is 48.5 Å². The lowest BCUT2D eigenvalue weighted by molar-refractivity contribution is -0.127. The maximum absolute atomic E-state index is 13.4. The fraction of sp³-hybridized carbons (Fsp3) is 0.182. The minimum atomic E-state index is -1.69. The van der Waals surface area contributed by atoms with Gasteiger partial charge < -0.3 is 21.3 Å². The number of azo groups is 2. The molecule has 0 bridgehead atoms. The van der Waals surface area contributed by atoms with Crippen LogP contribution in [-0.4, -0.2) is 47.3 Å². The smallest absolute Gasteiger partial charge is 0.258 e. The fourth-order valence-corrected chi connectivity index (χ4v) is 7.30. The number of para-hydroxylation sites is 2. The summed E-state index contributed by atoms with van der Waals surface area (Å²) in [6, 6.07) is 21.5. The molecule has 20 heteroatoms. The Kier molecular flexibility index (Phi) is 17.1. The van der Waals surface area contributed by atoms with E-state index < -0.39 is 47.3 Å². The minimum Gasteiger partial charge on any atom is -0.324 e. The Morgan fingerprint density at radius 3 is 1.30 bits per heavy atom.